The smallest absolute Gasteiger partial charge is 0.307 e. The van der Waals surface area contributed by atoms with Gasteiger partial charge in [0, 0.05) is 5.69 Å². The summed E-state index contributed by atoms with van der Waals surface area (Å²) in [5.41, 5.74) is 8.18. The van der Waals surface area contributed by atoms with Crippen molar-refractivity contribution in [2.75, 3.05) is 5.32 Å². The molecule has 0 aliphatic heterocycles. The molecule has 2 aromatic carbocycles. The van der Waals surface area contributed by atoms with E-state index in [-0.39, 0.29) is 12.3 Å². The molecular formula is C17H18N2O3. The molecule has 0 spiro atoms. The van der Waals surface area contributed by atoms with Gasteiger partial charge in [-0.1, -0.05) is 42.5 Å². The van der Waals surface area contributed by atoms with Gasteiger partial charge in [0.05, 0.1) is 12.5 Å². The molecule has 0 saturated carbocycles. The molecule has 1 unspecified atom stereocenters. The first-order valence-electron chi connectivity index (χ1n) is 6.95. The number of nitrogens with two attached hydrogens (primary N) is 1. The predicted octanol–water partition coefficient (Wildman–Crippen LogP) is 1.82. The number of carbonyl (C=O) groups is 2. The number of rotatable bonds is 6. The Kier molecular flexibility index (Phi) is 5.27. The van der Waals surface area contributed by atoms with Crippen LogP contribution in [-0.2, 0) is 22.4 Å². The summed E-state index contributed by atoms with van der Waals surface area (Å²) < 4.78 is 0. The Morgan fingerprint density at radius 1 is 1.00 bits per heavy atom. The molecule has 0 heterocycles. The van der Waals surface area contributed by atoms with Crippen LogP contribution in [0.15, 0.2) is 54.6 Å². The highest BCUT2D eigenvalue weighted by Crippen LogP contribution is 2.11. The highest BCUT2D eigenvalue weighted by molar-refractivity contribution is 5.94. The van der Waals surface area contributed by atoms with Crippen LogP contribution in [0.3, 0.4) is 0 Å². The lowest BCUT2D eigenvalue weighted by atomic mass is 10.1. The average Bonchev–Trinajstić information content (AvgIpc) is 2.49. The summed E-state index contributed by atoms with van der Waals surface area (Å²) in [4.78, 5) is 22.7. The minimum absolute atomic E-state index is 0.0399. The van der Waals surface area contributed by atoms with Gasteiger partial charge in [-0.15, -0.1) is 0 Å². The number of hydrogen-bond acceptors (Lipinski definition) is 3. The number of carbonyl (C=O) groups excluding carboxylic acids is 1. The maximum atomic E-state index is 12.0. The van der Waals surface area contributed by atoms with Gasteiger partial charge in [0.2, 0.25) is 5.91 Å². The number of aliphatic carboxylic acids is 1. The van der Waals surface area contributed by atoms with Gasteiger partial charge in [0.15, 0.2) is 0 Å². The van der Waals surface area contributed by atoms with E-state index in [1.54, 1.807) is 24.3 Å². The van der Waals surface area contributed by atoms with Gasteiger partial charge in [-0.2, -0.15) is 0 Å². The molecule has 0 aliphatic carbocycles. The van der Waals surface area contributed by atoms with Gasteiger partial charge in [0.25, 0.3) is 0 Å². The first-order chi connectivity index (χ1) is 10.5. The van der Waals surface area contributed by atoms with Crippen LogP contribution in [0, 0.1) is 0 Å². The Balaban J connectivity index is 1.92. The molecule has 4 N–H and O–H groups in total. The summed E-state index contributed by atoms with van der Waals surface area (Å²) in [6, 6.07) is 15.6. The molecule has 5 heteroatoms. The summed E-state index contributed by atoms with van der Waals surface area (Å²) >= 11 is 0. The molecule has 2 aromatic rings. The lowest BCUT2D eigenvalue weighted by Gasteiger charge is -2.12. The Hall–Kier alpha value is -2.66. The zero-order chi connectivity index (χ0) is 15.9. The van der Waals surface area contributed by atoms with Gasteiger partial charge in [-0.3, -0.25) is 9.59 Å². The van der Waals surface area contributed by atoms with Gasteiger partial charge < -0.3 is 16.2 Å². The van der Waals surface area contributed by atoms with Crippen LogP contribution in [0.25, 0.3) is 0 Å². The van der Waals surface area contributed by atoms with Gasteiger partial charge >= 0.3 is 5.97 Å². The SMILES string of the molecule is NC(Cc1ccccc1)C(=O)Nc1ccc(CC(=O)O)cc1. The topological polar surface area (TPSA) is 92.4 Å². The lowest BCUT2D eigenvalue weighted by Crippen LogP contribution is -2.37. The fraction of sp³-hybridized carbons (Fsp3) is 0.176. The van der Waals surface area contributed by atoms with Crippen molar-refractivity contribution in [2.24, 2.45) is 5.73 Å². The first-order valence-corrected chi connectivity index (χ1v) is 6.95. The van der Waals surface area contributed by atoms with Gasteiger partial charge in [-0.05, 0) is 29.7 Å². The summed E-state index contributed by atoms with van der Waals surface area (Å²) in [7, 11) is 0. The van der Waals surface area contributed by atoms with Crippen LogP contribution in [0.4, 0.5) is 5.69 Å². The minimum Gasteiger partial charge on any atom is -0.481 e. The van der Waals surface area contributed by atoms with E-state index in [0.29, 0.717) is 17.7 Å². The van der Waals surface area contributed by atoms with E-state index < -0.39 is 12.0 Å². The molecule has 0 aliphatic rings. The average molecular weight is 298 g/mol. The van der Waals surface area contributed by atoms with Crippen molar-refractivity contribution in [3.8, 4) is 0 Å². The summed E-state index contributed by atoms with van der Waals surface area (Å²) in [6.45, 7) is 0. The third-order valence-electron chi connectivity index (χ3n) is 3.21. The quantitative estimate of drug-likeness (QED) is 0.758. The summed E-state index contributed by atoms with van der Waals surface area (Å²) in [5.74, 6) is -1.16. The number of anilines is 1. The van der Waals surface area contributed by atoms with Gasteiger partial charge in [-0.25, -0.2) is 0 Å². The van der Waals surface area contributed by atoms with Crippen molar-refractivity contribution in [2.45, 2.75) is 18.9 Å². The highest BCUT2D eigenvalue weighted by atomic mass is 16.4. The van der Waals surface area contributed by atoms with E-state index in [4.69, 9.17) is 10.8 Å². The summed E-state index contributed by atoms with van der Waals surface area (Å²) in [5, 5.41) is 11.4. The molecule has 1 amide bonds. The van der Waals surface area contributed by atoms with E-state index >= 15 is 0 Å². The third-order valence-corrected chi connectivity index (χ3v) is 3.21. The maximum absolute atomic E-state index is 12.0. The molecule has 22 heavy (non-hydrogen) atoms. The number of amides is 1. The number of nitrogens with one attached hydrogen (secondary N) is 1. The molecule has 5 nitrogen and oxygen atoms in total. The molecular weight excluding hydrogens is 280 g/mol. The van der Waals surface area contributed by atoms with Crippen LogP contribution in [-0.4, -0.2) is 23.0 Å². The van der Waals surface area contributed by atoms with Crippen molar-refractivity contribution in [1.82, 2.24) is 0 Å². The largest absolute Gasteiger partial charge is 0.481 e. The van der Waals surface area contributed by atoms with Gasteiger partial charge in [0.1, 0.15) is 0 Å². The second-order valence-corrected chi connectivity index (χ2v) is 5.05. The Morgan fingerprint density at radius 3 is 2.23 bits per heavy atom. The summed E-state index contributed by atoms with van der Waals surface area (Å²) in [6.07, 6.45) is 0.422. The second-order valence-electron chi connectivity index (χ2n) is 5.05. The fourth-order valence-corrected chi connectivity index (χ4v) is 2.08. The maximum Gasteiger partial charge on any atom is 0.307 e. The van der Waals surface area contributed by atoms with Crippen molar-refractivity contribution >= 4 is 17.6 Å². The molecule has 0 bridgehead atoms. The van der Waals surface area contributed by atoms with Crippen LogP contribution in [0.5, 0.6) is 0 Å². The Bertz CT molecular complexity index is 639. The second kappa shape index (κ2) is 7.38. The zero-order valence-corrected chi connectivity index (χ0v) is 12.0. The van der Waals surface area contributed by atoms with Crippen molar-refractivity contribution < 1.29 is 14.7 Å². The Morgan fingerprint density at radius 2 is 1.64 bits per heavy atom. The zero-order valence-electron chi connectivity index (χ0n) is 12.0. The van der Waals surface area contributed by atoms with E-state index in [1.165, 1.54) is 0 Å². The van der Waals surface area contributed by atoms with E-state index in [1.807, 2.05) is 30.3 Å². The van der Waals surface area contributed by atoms with E-state index in [9.17, 15) is 9.59 Å². The van der Waals surface area contributed by atoms with Crippen LogP contribution >= 0.6 is 0 Å². The van der Waals surface area contributed by atoms with Crippen molar-refractivity contribution in [1.29, 1.82) is 0 Å². The van der Waals surface area contributed by atoms with Crippen LogP contribution in [0.2, 0.25) is 0 Å². The molecule has 0 radical (unpaired) electrons. The number of benzene rings is 2. The minimum atomic E-state index is -0.887. The number of hydrogen-bond donors (Lipinski definition) is 3. The normalized spacial score (nSPS) is 11.7. The van der Waals surface area contributed by atoms with E-state index in [2.05, 4.69) is 5.32 Å². The molecule has 2 rings (SSSR count). The molecule has 0 aromatic heterocycles. The Labute approximate surface area is 128 Å². The standard InChI is InChI=1S/C17H18N2O3/c18-15(10-12-4-2-1-3-5-12)17(22)19-14-8-6-13(7-9-14)11-16(20)21/h1-9,15H,10-11,18H2,(H,19,22)(H,20,21). The molecule has 114 valence electrons. The van der Waals surface area contributed by atoms with E-state index in [0.717, 1.165) is 5.56 Å². The van der Waals surface area contributed by atoms with Crippen LogP contribution < -0.4 is 11.1 Å². The highest BCUT2D eigenvalue weighted by Gasteiger charge is 2.14. The van der Waals surface area contributed by atoms with Crippen molar-refractivity contribution in [3.63, 3.8) is 0 Å². The molecule has 0 fully saturated rings. The predicted molar refractivity (Wildman–Crippen MR) is 84.5 cm³/mol. The number of carboxylic acid groups (broad SMARTS) is 1. The third kappa shape index (κ3) is 4.71. The first kappa shape index (κ1) is 15.7. The van der Waals surface area contributed by atoms with Crippen LogP contribution in [0.1, 0.15) is 11.1 Å². The number of carboxylic acids is 1. The molecule has 0 saturated heterocycles. The fourth-order valence-electron chi connectivity index (χ4n) is 2.08. The van der Waals surface area contributed by atoms with Crippen molar-refractivity contribution in [3.05, 3.63) is 65.7 Å². The monoisotopic (exact) mass is 298 g/mol. The lowest BCUT2D eigenvalue weighted by molar-refractivity contribution is -0.136. The molecule has 1 atom stereocenters.